The molecule has 9 heteroatoms. The van der Waals surface area contributed by atoms with Crippen molar-refractivity contribution in [1.82, 2.24) is 15.5 Å². The number of rotatable bonds is 9. The van der Waals surface area contributed by atoms with Crippen molar-refractivity contribution in [2.45, 2.75) is 19.6 Å². The fourth-order valence-electron chi connectivity index (χ4n) is 2.24. The van der Waals surface area contributed by atoms with Gasteiger partial charge in [0.15, 0.2) is 5.96 Å². The number of carbonyl (C=O) groups is 1. The molecule has 0 spiro atoms. The number of carbonyl (C=O) groups excluding carboxylic acids is 1. The summed E-state index contributed by atoms with van der Waals surface area (Å²) in [5.41, 5.74) is 0. The van der Waals surface area contributed by atoms with Crippen LogP contribution in [0.25, 0.3) is 0 Å². The zero-order chi connectivity index (χ0) is 20.4. The standard InChI is InChI=1S/C20H28N4O3S.HI/c1-15(27-17-8-5-7-16(11-17)26-4)12-21-20(23-14-19(25)24(2)3)22-13-18-9-6-10-28-18;/h5-11,15H,12-14H2,1-4H3,(H2,21,22,23);1H. The predicted octanol–water partition coefficient (Wildman–Crippen LogP) is 2.97. The van der Waals surface area contributed by atoms with Crippen LogP contribution in [0.5, 0.6) is 11.5 Å². The van der Waals surface area contributed by atoms with E-state index in [2.05, 4.69) is 21.7 Å². The first-order valence-electron chi connectivity index (χ1n) is 9.03. The first kappa shape index (κ1) is 25.0. The van der Waals surface area contributed by atoms with E-state index < -0.39 is 0 Å². The molecule has 1 aromatic carbocycles. The van der Waals surface area contributed by atoms with Crippen LogP contribution in [-0.2, 0) is 11.3 Å². The first-order chi connectivity index (χ1) is 13.5. The molecular weight excluding hydrogens is 503 g/mol. The largest absolute Gasteiger partial charge is 0.497 e. The molecule has 29 heavy (non-hydrogen) atoms. The molecule has 1 amide bonds. The minimum absolute atomic E-state index is 0. The summed E-state index contributed by atoms with van der Waals surface area (Å²) in [4.78, 5) is 18.9. The zero-order valence-corrected chi connectivity index (χ0v) is 20.3. The number of thiophene rings is 1. The Kier molecular flexibility index (Phi) is 11.4. The Morgan fingerprint density at radius 2 is 1.97 bits per heavy atom. The summed E-state index contributed by atoms with van der Waals surface area (Å²) in [7, 11) is 5.06. The van der Waals surface area contributed by atoms with Crippen LogP contribution in [0.15, 0.2) is 46.8 Å². The third-order valence-electron chi connectivity index (χ3n) is 3.82. The number of ether oxygens (including phenoxy) is 2. The van der Waals surface area contributed by atoms with Crippen molar-refractivity contribution in [3.8, 4) is 11.5 Å². The van der Waals surface area contributed by atoms with Gasteiger partial charge in [0.2, 0.25) is 5.91 Å². The maximum absolute atomic E-state index is 11.8. The number of methoxy groups -OCH3 is 1. The van der Waals surface area contributed by atoms with Gasteiger partial charge in [0.1, 0.15) is 24.1 Å². The minimum atomic E-state index is -0.106. The lowest BCUT2D eigenvalue weighted by molar-refractivity contribution is -0.127. The van der Waals surface area contributed by atoms with Gasteiger partial charge in [-0.2, -0.15) is 0 Å². The molecule has 1 heterocycles. The van der Waals surface area contributed by atoms with Crippen LogP contribution >= 0.6 is 35.3 Å². The predicted molar refractivity (Wildman–Crippen MR) is 129 cm³/mol. The van der Waals surface area contributed by atoms with Crippen LogP contribution in [0.4, 0.5) is 0 Å². The molecule has 0 aliphatic rings. The quantitative estimate of drug-likeness (QED) is 0.295. The van der Waals surface area contributed by atoms with Crippen molar-refractivity contribution < 1.29 is 14.3 Å². The van der Waals surface area contributed by atoms with Crippen molar-refractivity contribution in [3.63, 3.8) is 0 Å². The second-order valence-corrected chi connectivity index (χ2v) is 7.41. The highest BCUT2D eigenvalue weighted by atomic mass is 127. The molecule has 0 saturated carbocycles. The van der Waals surface area contributed by atoms with Gasteiger partial charge < -0.3 is 25.0 Å². The highest BCUT2D eigenvalue weighted by Gasteiger charge is 2.09. The van der Waals surface area contributed by atoms with E-state index in [0.717, 1.165) is 11.5 Å². The Hall–Kier alpha value is -2.01. The topological polar surface area (TPSA) is 75.2 Å². The van der Waals surface area contributed by atoms with Gasteiger partial charge in [-0.15, -0.1) is 35.3 Å². The van der Waals surface area contributed by atoms with E-state index in [1.54, 1.807) is 32.5 Å². The average molecular weight is 532 g/mol. The Balaban J connectivity index is 0.00000420. The van der Waals surface area contributed by atoms with Gasteiger partial charge in [-0.05, 0) is 30.5 Å². The van der Waals surface area contributed by atoms with Crippen molar-refractivity contribution in [1.29, 1.82) is 0 Å². The van der Waals surface area contributed by atoms with Crippen LogP contribution in [-0.4, -0.2) is 57.2 Å². The maximum Gasteiger partial charge on any atom is 0.243 e. The first-order valence-corrected chi connectivity index (χ1v) is 9.91. The van der Waals surface area contributed by atoms with Crippen LogP contribution in [0.2, 0.25) is 0 Å². The summed E-state index contributed by atoms with van der Waals surface area (Å²) in [6.45, 7) is 3.22. The molecule has 2 aromatic rings. The van der Waals surface area contributed by atoms with Crippen LogP contribution in [0.3, 0.4) is 0 Å². The summed E-state index contributed by atoms with van der Waals surface area (Å²) < 4.78 is 11.1. The molecule has 0 fully saturated rings. The second kappa shape index (κ2) is 13.3. The Bertz CT molecular complexity index is 769. The summed E-state index contributed by atoms with van der Waals surface area (Å²) in [6.07, 6.45) is -0.106. The number of guanidine groups is 1. The van der Waals surface area contributed by atoms with E-state index in [9.17, 15) is 4.79 Å². The summed E-state index contributed by atoms with van der Waals surface area (Å²) >= 11 is 1.67. The van der Waals surface area contributed by atoms with Gasteiger partial charge in [0.05, 0.1) is 20.2 Å². The third kappa shape index (κ3) is 9.35. The average Bonchev–Trinajstić information content (AvgIpc) is 3.20. The van der Waals surface area contributed by atoms with E-state index in [4.69, 9.17) is 9.47 Å². The van der Waals surface area contributed by atoms with E-state index in [-0.39, 0.29) is 42.5 Å². The van der Waals surface area contributed by atoms with Gasteiger partial charge in [-0.3, -0.25) is 4.79 Å². The molecule has 0 bridgehead atoms. The lowest BCUT2D eigenvalue weighted by Gasteiger charge is -2.18. The molecule has 0 radical (unpaired) electrons. The monoisotopic (exact) mass is 532 g/mol. The normalized spacial score (nSPS) is 11.8. The molecule has 0 aliphatic carbocycles. The van der Waals surface area contributed by atoms with Gasteiger partial charge in [0, 0.05) is 25.0 Å². The summed E-state index contributed by atoms with van der Waals surface area (Å²) in [5.74, 6) is 2.00. The molecule has 0 aliphatic heterocycles. The zero-order valence-electron chi connectivity index (χ0n) is 17.2. The van der Waals surface area contributed by atoms with E-state index in [0.29, 0.717) is 19.0 Å². The molecule has 1 aromatic heterocycles. The lowest BCUT2D eigenvalue weighted by Crippen LogP contribution is -2.42. The summed E-state index contributed by atoms with van der Waals surface area (Å²) in [5, 5.41) is 8.53. The summed E-state index contributed by atoms with van der Waals surface area (Å²) in [6, 6.07) is 11.5. The molecule has 2 N–H and O–H groups in total. The van der Waals surface area contributed by atoms with Gasteiger partial charge in [-0.25, -0.2) is 4.99 Å². The van der Waals surface area contributed by atoms with Crippen molar-refractivity contribution >= 4 is 47.2 Å². The lowest BCUT2D eigenvalue weighted by atomic mass is 10.3. The van der Waals surface area contributed by atoms with E-state index in [1.165, 1.54) is 9.78 Å². The molecule has 7 nitrogen and oxygen atoms in total. The van der Waals surface area contributed by atoms with E-state index >= 15 is 0 Å². The molecule has 1 unspecified atom stereocenters. The number of aliphatic imine (C=N–C) groups is 1. The molecule has 0 saturated heterocycles. The maximum atomic E-state index is 11.8. The van der Waals surface area contributed by atoms with Crippen molar-refractivity contribution in [3.05, 3.63) is 46.7 Å². The Morgan fingerprint density at radius 1 is 1.21 bits per heavy atom. The highest BCUT2D eigenvalue weighted by Crippen LogP contribution is 2.19. The fourth-order valence-corrected chi connectivity index (χ4v) is 2.88. The Labute approximate surface area is 193 Å². The van der Waals surface area contributed by atoms with Crippen molar-refractivity contribution in [2.75, 3.05) is 34.3 Å². The minimum Gasteiger partial charge on any atom is -0.497 e. The van der Waals surface area contributed by atoms with Crippen LogP contribution in [0, 0.1) is 0 Å². The molecule has 160 valence electrons. The molecule has 2 rings (SSSR count). The number of benzene rings is 1. The SMILES string of the molecule is COc1cccc(OC(C)CNC(=NCC(=O)N(C)C)NCc2cccs2)c1.I. The molecular formula is C20H29IN4O3S. The van der Waals surface area contributed by atoms with E-state index in [1.807, 2.05) is 42.6 Å². The highest BCUT2D eigenvalue weighted by molar-refractivity contribution is 14.0. The third-order valence-corrected chi connectivity index (χ3v) is 4.69. The van der Waals surface area contributed by atoms with Crippen LogP contribution in [0.1, 0.15) is 11.8 Å². The van der Waals surface area contributed by atoms with Gasteiger partial charge in [0.25, 0.3) is 0 Å². The number of amides is 1. The van der Waals surface area contributed by atoms with Gasteiger partial charge in [-0.1, -0.05) is 12.1 Å². The number of hydrogen-bond donors (Lipinski definition) is 2. The van der Waals surface area contributed by atoms with Gasteiger partial charge >= 0.3 is 0 Å². The van der Waals surface area contributed by atoms with Crippen LogP contribution < -0.4 is 20.1 Å². The van der Waals surface area contributed by atoms with Crippen molar-refractivity contribution in [2.24, 2.45) is 4.99 Å². The second-order valence-electron chi connectivity index (χ2n) is 6.37. The molecule has 1 atom stereocenters. The number of nitrogens with one attached hydrogen (secondary N) is 2. The number of likely N-dealkylation sites (N-methyl/N-ethyl adjacent to an activating group) is 1. The Morgan fingerprint density at radius 3 is 2.62 bits per heavy atom. The number of nitrogens with zero attached hydrogens (tertiary/aromatic N) is 2. The smallest absolute Gasteiger partial charge is 0.243 e. The fraction of sp³-hybridized carbons (Fsp3) is 0.400. The number of hydrogen-bond acceptors (Lipinski definition) is 5. The number of halogens is 1.